The van der Waals surface area contributed by atoms with Crippen molar-refractivity contribution in [2.75, 3.05) is 30.8 Å². The summed E-state index contributed by atoms with van der Waals surface area (Å²) in [5.74, 6) is -2.06. The lowest BCUT2D eigenvalue weighted by atomic mass is 10.2. The first-order chi connectivity index (χ1) is 16.8. The van der Waals surface area contributed by atoms with E-state index in [1.165, 1.54) is 24.5 Å². The van der Waals surface area contributed by atoms with Gasteiger partial charge in [-0.15, -0.1) is 0 Å². The Labute approximate surface area is 199 Å². The normalized spacial score (nSPS) is 11.9. The van der Waals surface area contributed by atoms with Gasteiger partial charge in [-0.3, -0.25) is 5.41 Å². The fourth-order valence-electron chi connectivity index (χ4n) is 2.81. The van der Waals surface area contributed by atoms with E-state index in [0.29, 0.717) is 17.0 Å². The predicted molar refractivity (Wildman–Crippen MR) is 124 cm³/mol. The van der Waals surface area contributed by atoms with Crippen LogP contribution in [0.5, 0.6) is 0 Å². The van der Waals surface area contributed by atoms with Crippen LogP contribution in [-0.2, 0) is 16.6 Å². The molecule has 0 aliphatic carbocycles. The summed E-state index contributed by atoms with van der Waals surface area (Å²) in [5.41, 5.74) is 0.827. The summed E-state index contributed by atoms with van der Waals surface area (Å²) in [6.45, 7) is -0.561. The summed E-state index contributed by atoms with van der Waals surface area (Å²) < 4.78 is 58.7. The Bertz CT molecular complexity index is 1280. The van der Waals surface area contributed by atoms with E-state index in [-0.39, 0.29) is 49.3 Å². The smallest absolute Gasteiger partial charge is 0.213 e. The van der Waals surface area contributed by atoms with Crippen molar-refractivity contribution in [2.24, 2.45) is 0 Å². The summed E-state index contributed by atoms with van der Waals surface area (Å²) >= 11 is 0. The Hall–Kier alpha value is -3.75. The molecule has 5 N–H and O–H groups in total. The van der Waals surface area contributed by atoms with Gasteiger partial charge in [0.25, 0.3) is 0 Å². The van der Waals surface area contributed by atoms with E-state index < -0.39 is 21.7 Å². The molecular weight excluding hydrogens is 484 g/mol. The van der Waals surface area contributed by atoms with Crippen molar-refractivity contribution in [3.63, 3.8) is 0 Å². The largest absolute Gasteiger partial charge is 0.395 e. The van der Waals surface area contributed by atoms with Crippen LogP contribution in [0.3, 0.4) is 0 Å². The lowest BCUT2D eigenvalue weighted by Crippen LogP contribution is -2.31. The topological polar surface area (TPSA) is 166 Å². The third kappa shape index (κ3) is 7.63. The van der Waals surface area contributed by atoms with Gasteiger partial charge in [0.05, 0.1) is 24.3 Å². The van der Waals surface area contributed by atoms with Gasteiger partial charge in [0.1, 0.15) is 23.5 Å². The number of nitrogens with one attached hydrogen (secondary N) is 4. The summed E-state index contributed by atoms with van der Waals surface area (Å²) in [6.07, 6.45) is 3.52. The standard InChI is InChI=1S/C21H23F2N7O4S/c22-15-4-2-1-3-14(15)12-26-19(18-5-9-34-30-18)11-17(24)21-27-13-16(23)20(29-21)25-7-10-35(32,33)28-6-8-31/h1-5,9,11,13,24,26,28,31H,6-8,10,12H2,(H,25,27,29)/b19-11-,24-17?. The van der Waals surface area contributed by atoms with Crippen LogP contribution in [0, 0.1) is 17.0 Å². The predicted octanol–water partition coefficient (Wildman–Crippen LogP) is 1.27. The zero-order chi connectivity index (χ0) is 25.3. The molecule has 0 amide bonds. The molecule has 0 saturated heterocycles. The van der Waals surface area contributed by atoms with Crippen LogP contribution in [0.25, 0.3) is 5.70 Å². The Morgan fingerprint density at radius 1 is 1.17 bits per heavy atom. The highest BCUT2D eigenvalue weighted by atomic mass is 32.2. The fraction of sp³-hybridized carbons (Fsp3) is 0.238. The third-order valence-corrected chi connectivity index (χ3v) is 5.90. The van der Waals surface area contributed by atoms with E-state index in [1.54, 1.807) is 18.2 Å². The van der Waals surface area contributed by atoms with Crippen LogP contribution in [0.4, 0.5) is 14.6 Å². The number of aliphatic hydroxyl groups is 1. The van der Waals surface area contributed by atoms with Crippen molar-refractivity contribution in [1.29, 1.82) is 5.41 Å². The van der Waals surface area contributed by atoms with Gasteiger partial charge in [0.15, 0.2) is 17.5 Å². The zero-order valence-electron chi connectivity index (χ0n) is 18.3. The Morgan fingerprint density at radius 3 is 2.69 bits per heavy atom. The number of anilines is 1. The second-order valence-corrected chi connectivity index (χ2v) is 8.98. The van der Waals surface area contributed by atoms with Crippen molar-refractivity contribution < 1.29 is 26.8 Å². The maximum atomic E-state index is 14.1. The molecule has 0 atom stereocenters. The maximum absolute atomic E-state index is 14.1. The van der Waals surface area contributed by atoms with Crippen LogP contribution in [0.15, 0.2) is 53.4 Å². The van der Waals surface area contributed by atoms with E-state index in [4.69, 9.17) is 15.0 Å². The molecule has 35 heavy (non-hydrogen) atoms. The summed E-state index contributed by atoms with van der Waals surface area (Å²) in [5, 5.41) is 26.5. The average molecular weight is 508 g/mol. The van der Waals surface area contributed by atoms with Gasteiger partial charge < -0.3 is 20.3 Å². The fourth-order valence-corrected chi connectivity index (χ4v) is 3.72. The van der Waals surface area contributed by atoms with Crippen LogP contribution >= 0.6 is 0 Å². The minimum absolute atomic E-state index is 0.0918. The SMILES string of the molecule is N=C(/C=C(\NCc1ccccc1F)c1ccon1)c1ncc(F)c(NCCS(=O)(=O)NCCO)n1. The lowest BCUT2D eigenvalue weighted by molar-refractivity contribution is 0.301. The van der Waals surface area contributed by atoms with Crippen molar-refractivity contribution in [2.45, 2.75) is 6.54 Å². The highest BCUT2D eigenvalue weighted by Crippen LogP contribution is 2.15. The molecule has 3 aromatic rings. The Morgan fingerprint density at radius 2 is 1.97 bits per heavy atom. The van der Waals surface area contributed by atoms with Crippen LogP contribution in [0.1, 0.15) is 17.1 Å². The second-order valence-electron chi connectivity index (χ2n) is 7.06. The second kappa shape index (κ2) is 12.1. The minimum atomic E-state index is -3.67. The molecule has 14 heteroatoms. The molecule has 1 aromatic carbocycles. The summed E-state index contributed by atoms with van der Waals surface area (Å²) in [4.78, 5) is 7.79. The van der Waals surface area contributed by atoms with Gasteiger partial charge in [-0.2, -0.15) is 0 Å². The third-order valence-electron chi connectivity index (χ3n) is 4.51. The molecule has 3 rings (SSSR count). The quantitative estimate of drug-likeness (QED) is 0.214. The van der Waals surface area contributed by atoms with Gasteiger partial charge >= 0.3 is 0 Å². The van der Waals surface area contributed by atoms with E-state index in [9.17, 15) is 17.2 Å². The zero-order valence-corrected chi connectivity index (χ0v) is 19.1. The number of aliphatic hydroxyl groups excluding tert-OH is 1. The monoisotopic (exact) mass is 507 g/mol. The number of hydrogen-bond donors (Lipinski definition) is 5. The first kappa shape index (κ1) is 25.9. The number of allylic oxidation sites excluding steroid dienone is 1. The molecule has 0 fully saturated rings. The Kier molecular flexibility index (Phi) is 8.94. The van der Waals surface area contributed by atoms with Gasteiger partial charge in [0, 0.05) is 31.3 Å². The minimum Gasteiger partial charge on any atom is -0.395 e. The molecule has 0 saturated carbocycles. The van der Waals surface area contributed by atoms with Crippen LogP contribution < -0.4 is 15.4 Å². The van der Waals surface area contributed by atoms with E-state index in [1.807, 2.05) is 0 Å². The molecule has 0 radical (unpaired) electrons. The van der Waals surface area contributed by atoms with Gasteiger partial charge in [-0.25, -0.2) is 31.9 Å². The summed E-state index contributed by atoms with van der Waals surface area (Å²) in [7, 11) is -3.67. The number of hydrogen-bond acceptors (Lipinski definition) is 10. The van der Waals surface area contributed by atoms with E-state index in [2.05, 4.69) is 30.5 Å². The number of sulfonamides is 1. The molecule has 0 spiro atoms. The maximum Gasteiger partial charge on any atom is 0.213 e. The first-order valence-corrected chi connectivity index (χ1v) is 12.0. The number of benzene rings is 1. The van der Waals surface area contributed by atoms with E-state index in [0.717, 1.165) is 6.20 Å². The highest BCUT2D eigenvalue weighted by molar-refractivity contribution is 7.89. The van der Waals surface area contributed by atoms with E-state index >= 15 is 0 Å². The van der Waals surface area contributed by atoms with Crippen molar-refractivity contribution >= 4 is 27.2 Å². The van der Waals surface area contributed by atoms with Crippen LogP contribution in [0.2, 0.25) is 0 Å². The van der Waals surface area contributed by atoms with Crippen molar-refractivity contribution in [1.82, 2.24) is 25.2 Å². The number of aromatic nitrogens is 3. The molecule has 186 valence electrons. The van der Waals surface area contributed by atoms with Gasteiger partial charge in [-0.05, 0) is 12.1 Å². The lowest BCUT2D eigenvalue weighted by Gasteiger charge is -2.11. The molecule has 2 heterocycles. The molecule has 0 aliphatic heterocycles. The average Bonchev–Trinajstić information content (AvgIpc) is 3.37. The molecule has 0 bridgehead atoms. The number of nitrogens with zero attached hydrogens (tertiary/aromatic N) is 3. The number of rotatable bonds is 13. The molecule has 0 unspecified atom stereocenters. The molecule has 11 nitrogen and oxygen atoms in total. The molecular formula is C21H23F2N7O4S. The molecule has 0 aliphatic rings. The van der Waals surface area contributed by atoms with Crippen LogP contribution in [-0.4, -0.2) is 59.8 Å². The first-order valence-electron chi connectivity index (χ1n) is 10.3. The summed E-state index contributed by atoms with van der Waals surface area (Å²) in [6, 6.07) is 7.73. The Balaban J connectivity index is 1.74. The van der Waals surface area contributed by atoms with Crippen molar-refractivity contribution in [3.05, 3.63) is 77.6 Å². The van der Waals surface area contributed by atoms with Crippen molar-refractivity contribution in [3.8, 4) is 0 Å². The highest BCUT2D eigenvalue weighted by Gasteiger charge is 2.14. The van der Waals surface area contributed by atoms with Gasteiger partial charge in [0.2, 0.25) is 10.0 Å². The van der Waals surface area contributed by atoms with Gasteiger partial charge in [-0.1, -0.05) is 23.4 Å². The number of halogens is 2. The molecule has 2 aromatic heterocycles.